The molecule has 1 aliphatic heterocycles. The number of rotatable bonds is 7. The predicted octanol–water partition coefficient (Wildman–Crippen LogP) is 4.99. The molecule has 1 saturated carbocycles. The van der Waals surface area contributed by atoms with Gasteiger partial charge in [0.15, 0.2) is 0 Å². The van der Waals surface area contributed by atoms with Gasteiger partial charge in [-0.25, -0.2) is 9.59 Å². The highest BCUT2D eigenvalue weighted by molar-refractivity contribution is 5.99. The summed E-state index contributed by atoms with van der Waals surface area (Å²) in [4.78, 5) is 43.0. The summed E-state index contributed by atoms with van der Waals surface area (Å²) in [5.74, 6) is -0.0287. The third-order valence-corrected chi connectivity index (χ3v) is 8.46. The molecule has 1 heterocycles. The zero-order chi connectivity index (χ0) is 32.2. The summed E-state index contributed by atoms with van der Waals surface area (Å²) in [7, 11) is 1.79. The van der Waals surface area contributed by atoms with Crippen molar-refractivity contribution in [3.8, 4) is 5.75 Å². The minimum atomic E-state index is -0.489. The van der Waals surface area contributed by atoms with Crippen LogP contribution in [0.4, 0.5) is 15.3 Å². The Kier molecular flexibility index (Phi) is 14.0. The highest BCUT2D eigenvalue weighted by Gasteiger charge is 2.31. The topological polar surface area (TPSA) is 132 Å². The number of likely N-dealkylation sites (N-methyl/N-ethyl adjacent to an activating group) is 1. The molecule has 0 aromatic heterocycles. The molecule has 4 atom stereocenters. The summed E-state index contributed by atoms with van der Waals surface area (Å²) in [6, 6.07) is 4.28. The fraction of sp³-hybridized carbons (Fsp3) is 0.727. The van der Waals surface area contributed by atoms with E-state index in [9.17, 15) is 19.5 Å². The molecule has 1 aliphatic carbocycles. The van der Waals surface area contributed by atoms with Crippen LogP contribution in [-0.2, 0) is 4.74 Å². The van der Waals surface area contributed by atoms with Crippen LogP contribution < -0.4 is 20.7 Å². The van der Waals surface area contributed by atoms with Crippen molar-refractivity contribution in [3.63, 3.8) is 0 Å². The molecule has 11 heteroatoms. The lowest BCUT2D eigenvalue weighted by Gasteiger charge is -2.36. The van der Waals surface area contributed by atoms with Gasteiger partial charge in [0.25, 0.3) is 5.91 Å². The number of ether oxygens (including phenoxy) is 2. The van der Waals surface area contributed by atoms with Crippen molar-refractivity contribution >= 4 is 23.7 Å². The van der Waals surface area contributed by atoms with Gasteiger partial charge in [0, 0.05) is 50.4 Å². The Labute approximate surface area is 263 Å². The molecule has 0 unspecified atom stereocenters. The van der Waals surface area contributed by atoms with Crippen LogP contribution in [0.2, 0.25) is 0 Å². The maximum Gasteiger partial charge on any atom is 0.319 e. The van der Waals surface area contributed by atoms with Gasteiger partial charge in [-0.2, -0.15) is 0 Å². The van der Waals surface area contributed by atoms with E-state index in [2.05, 4.69) is 16.0 Å². The van der Waals surface area contributed by atoms with Crippen LogP contribution in [0, 0.1) is 5.92 Å². The van der Waals surface area contributed by atoms with Crippen molar-refractivity contribution in [3.05, 3.63) is 23.8 Å². The Hall–Kier alpha value is -3.05. The number of carbonyl (C=O) groups is 3. The van der Waals surface area contributed by atoms with E-state index in [1.807, 2.05) is 27.7 Å². The van der Waals surface area contributed by atoms with Crippen LogP contribution in [0.25, 0.3) is 0 Å². The number of anilines is 1. The van der Waals surface area contributed by atoms with Gasteiger partial charge in [0.05, 0.1) is 30.4 Å². The molecule has 248 valence electrons. The van der Waals surface area contributed by atoms with E-state index in [0.717, 1.165) is 44.9 Å². The first-order chi connectivity index (χ1) is 21.0. The molecule has 2 aliphatic rings. The lowest BCUT2D eigenvalue weighted by molar-refractivity contribution is -0.0123. The van der Waals surface area contributed by atoms with Crippen molar-refractivity contribution in [2.45, 2.75) is 116 Å². The van der Waals surface area contributed by atoms with Crippen molar-refractivity contribution in [2.75, 3.05) is 38.7 Å². The molecule has 0 saturated heterocycles. The molecule has 1 aromatic rings. The lowest BCUT2D eigenvalue weighted by Crippen LogP contribution is -2.50. The smallest absolute Gasteiger partial charge is 0.319 e. The molecule has 1 aromatic carbocycles. The third-order valence-electron chi connectivity index (χ3n) is 8.46. The van der Waals surface area contributed by atoms with Crippen LogP contribution >= 0.6 is 0 Å². The lowest BCUT2D eigenvalue weighted by atomic mass is 9.96. The van der Waals surface area contributed by atoms with Gasteiger partial charge >= 0.3 is 12.1 Å². The Morgan fingerprint density at radius 3 is 2.45 bits per heavy atom. The number of aliphatic hydroxyl groups is 1. The second-order valence-electron chi connectivity index (χ2n) is 12.9. The average Bonchev–Trinajstić information content (AvgIpc) is 2.98. The number of amides is 5. The number of urea groups is 2. The Bertz CT molecular complexity index is 1080. The minimum absolute atomic E-state index is 0.0481. The van der Waals surface area contributed by atoms with Crippen LogP contribution in [0.1, 0.15) is 96.3 Å². The van der Waals surface area contributed by atoms with Crippen molar-refractivity contribution < 1.29 is 29.0 Å². The van der Waals surface area contributed by atoms with Crippen molar-refractivity contribution in [2.24, 2.45) is 5.92 Å². The summed E-state index contributed by atoms with van der Waals surface area (Å²) in [5, 5.41) is 18.9. The second-order valence-corrected chi connectivity index (χ2v) is 12.9. The summed E-state index contributed by atoms with van der Waals surface area (Å²) in [6.45, 7) is 10.5. The largest absolute Gasteiger partial charge is 0.490 e. The molecule has 3 rings (SSSR count). The number of fused-ring (bicyclic) bond motifs is 1. The first-order valence-corrected chi connectivity index (χ1v) is 16.4. The fourth-order valence-corrected chi connectivity index (χ4v) is 5.78. The summed E-state index contributed by atoms with van der Waals surface area (Å²) >= 11 is 0. The van der Waals surface area contributed by atoms with E-state index in [0.29, 0.717) is 36.7 Å². The predicted molar refractivity (Wildman–Crippen MR) is 172 cm³/mol. The number of hydrogen-bond donors (Lipinski definition) is 4. The van der Waals surface area contributed by atoms with Gasteiger partial charge in [-0.15, -0.1) is 0 Å². The zero-order valence-electron chi connectivity index (χ0n) is 27.6. The first kappa shape index (κ1) is 35.4. The van der Waals surface area contributed by atoms with Crippen molar-refractivity contribution in [1.29, 1.82) is 0 Å². The summed E-state index contributed by atoms with van der Waals surface area (Å²) in [5.41, 5.74) is 0.772. The first-order valence-electron chi connectivity index (χ1n) is 16.4. The van der Waals surface area contributed by atoms with E-state index < -0.39 is 6.04 Å². The minimum Gasteiger partial charge on any atom is -0.490 e. The van der Waals surface area contributed by atoms with Gasteiger partial charge < -0.3 is 40.3 Å². The van der Waals surface area contributed by atoms with Gasteiger partial charge in [-0.05, 0) is 78.0 Å². The number of nitrogens with one attached hydrogen (secondary N) is 3. The molecule has 1 fully saturated rings. The third kappa shape index (κ3) is 10.8. The normalized spacial score (nSPS) is 23.1. The van der Waals surface area contributed by atoms with Gasteiger partial charge in [0.1, 0.15) is 5.75 Å². The number of carbonyl (C=O) groups excluding carboxylic acids is 3. The highest BCUT2D eigenvalue weighted by atomic mass is 16.5. The second kappa shape index (κ2) is 17.4. The van der Waals surface area contributed by atoms with E-state index in [1.165, 1.54) is 6.42 Å². The van der Waals surface area contributed by atoms with Crippen LogP contribution in [0.15, 0.2) is 18.2 Å². The molecule has 11 nitrogen and oxygen atoms in total. The van der Waals surface area contributed by atoms with E-state index in [4.69, 9.17) is 9.47 Å². The maximum absolute atomic E-state index is 14.2. The quantitative estimate of drug-likeness (QED) is 0.341. The van der Waals surface area contributed by atoms with E-state index in [1.54, 1.807) is 42.0 Å². The number of hydrogen-bond acceptors (Lipinski definition) is 6. The molecular formula is C33H55N5O6. The molecule has 0 radical (unpaired) electrons. The van der Waals surface area contributed by atoms with Crippen LogP contribution in [-0.4, -0.2) is 96.6 Å². The molecule has 5 amide bonds. The Morgan fingerprint density at radius 2 is 1.77 bits per heavy atom. The summed E-state index contributed by atoms with van der Waals surface area (Å²) in [6.07, 6.45) is 7.54. The maximum atomic E-state index is 14.2. The van der Waals surface area contributed by atoms with E-state index >= 15 is 0 Å². The van der Waals surface area contributed by atoms with Gasteiger partial charge in [-0.3, -0.25) is 4.79 Å². The molecule has 4 N–H and O–H groups in total. The Balaban J connectivity index is 1.86. The zero-order valence-corrected chi connectivity index (χ0v) is 27.6. The van der Waals surface area contributed by atoms with Crippen LogP contribution in [0.3, 0.4) is 0 Å². The molecule has 0 spiro atoms. The highest BCUT2D eigenvalue weighted by Crippen LogP contribution is 2.28. The Morgan fingerprint density at radius 1 is 1.07 bits per heavy atom. The monoisotopic (exact) mass is 617 g/mol. The number of aliphatic hydroxyl groups excluding tert-OH is 1. The van der Waals surface area contributed by atoms with Gasteiger partial charge in [0.2, 0.25) is 0 Å². The average molecular weight is 618 g/mol. The fourth-order valence-electron chi connectivity index (χ4n) is 5.78. The molecule has 0 bridgehead atoms. The standard InChI is InChI=1S/C33H55N5O6/c1-22(2)34-32(41)35-27-15-16-29-28(18-27)31(40)38(24(4)21-39)19-23(3)30(43-17-11-10-12-25(5)44-29)20-37(6)33(42)36-26-13-8-7-9-14-26/h15-16,18,22-26,30,39H,7-14,17,19-21H2,1-6H3,(H,36,42)(H2,34,35,41)/t23-,24-,25-,30+/m0/s1. The summed E-state index contributed by atoms with van der Waals surface area (Å²) < 4.78 is 12.6. The van der Waals surface area contributed by atoms with Crippen LogP contribution in [0.5, 0.6) is 5.75 Å². The van der Waals surface area contributed by atoms with E-state index in [-0.39, 0.29) is 54.8 Å². The molecular weight excluding hydrogens is 562 g/mol. The number of benzene rings is 1. The van der Waals surface area contributed by atoms with Crippen molar-refractivity contribution in [1.82, 2.24) is 20.4 Å². The molecule has 44 heavy (non-hydrogen) atoms. The SMILES string of the molecule is CC(C)NC(=O)Nc1ccc2c(c1)C(=O)N([C@@H](C)CO)C[C@H](C)[C@@H](CN(C)C(=O)NC1CCCCC1)OCCCC[C@H](C)O2. The van der Waals surface area contributed by atoms with Gasteiger partial charge in [-0.1, -0.05) is 26.2 Å². The number of nitrogens with zero attached hydrogens (tertiary/aromatic N) is 2.